The van der Waals surface area contributed by atoms with Crippen molar-refractivity contribution in [2.24, 2.45) is 5.92 Å². The van der Waals surface area contributed by atoms with Gasteiger partial charge in [-0.2, -0.15) is 0 Å². The summed E-state index contributed by atoms with van der Waals surface area (Å²) in [5.41, 5.74) is 1.73. The molecule has 4 atom stereocenters. The van der Waals surface area contributed by atoms with E-state index in [0.717, 1.165) is 11.3 Å². The monoisotopic (exact) mass is 348 g/mol. The number of ether oxygens (including phenoxy) is 2. The Labute approximate surface area is 152 Å². The van der Waals surface area contributed by atoms with Gasteiger partial charge < -0.3 is 20.1 Å². The average Bonchev–Trinajstić information content (AvgIpc) is 3.25. The van der Waals surface area contributed by atoms with Crippen molar-refractivity contribution in [2.75, 3.05) is 18.5 Å². The minimum Gasteiger partial charge on any atom is -0.372 e. The standard InChI is InChI=1S/C21H20N2O3/c24-21(22-17-9-5-2-6-10-17)23-18-14-26-19-16(13-25-20(18)19)12-11-15-7-3-1-4-8-15/h1-10,16,18-20H,13-14H2,(H2,22,23,24)/t16-,18+,19+,20-/m1/s1. The number of anilines is 1. The lowest BCUT2D eigenvalue weighted by Gasteiger charge is -2.17. The SMILES string of the molecule is O=C(Nc1ccccc1)N[C@H]1CO[C@@H]2[C@@H]1OC[C@H]2C#Cc1ccccc1. The average molecular weight is 348 g/mol. The second-order valence-corrected chi connectivity index (χ2v) is 6.41. The Kier molecular flexibility index (Phi) is 4.87. The number of rotatable bonds is 2. The van der Waals surface area contributed by atoms with Crippen LogP contribution in [0.25, 0.3) is 0 Å². The molecule has 0 unspecified atom stereocenters. The molecule has 2 saturated heterocycles. The lowest BCUT2D eigenvalue weighted by atomic mass is 10.0. The summed E-state index contributed by atoms with van der Waals surface area (Å²) in [7, 11) is 0. The summed E-state index contributed by atoms with van der Waals surface area (Å²) in [6.45, 7) is 0.953. The number of carbonyl (C=O) groups is 1. The molecule has 5 heteroatoms. The molecule has 2 aromatic carbocycles. The highest BCUT2D eigenvalue weighted by atomic mass is 16.6. The van der Waals surface area contributed by atoms with Crippen LogP contribution < -0.4 is 10.6 Å². The van der Waals surface area contributed by atoms with E-state index in [0.29, 0.717) is 13.2 Å². The van der Waals surface area contributed by atoms with Gasteiger partial charge in [-0.1, -0.05) is 48.2 Å². The first-order valence-corrected chi connectivity index (χ1v) is 8.72. The molecule has 4 rings (SSSR count). The number of urea groups is 1. The van der Waals surface area contributed by atoms with E-state index >= 15 is 0 Å². The minimum atomic E-state index is -0.257. The quantitative estimate of drug-likeness (QED) is 0.821. The second-order valence-electron chi connectivity index (χ2n) is 6.41. The van der Waals surface area contributed by atoms with Gasteiger partial charge in [-0.15, -0.1) is 0 Å². The molecule has 0 saturated carbocycles. The van der Waals surface area contributed by atoms with E-state index in [2.05, 4.69) is 22.5 Å². The molecular weight excluding hydrogens is 328 g/mol. The fourth-order valence-electron chi connectivity index (χ4n) is 3.30. The number of carbonyl (C=O) groups excluding carboxylic acids is 1. The molecule has 2 N–H and O–H groups in total. The highest BCUT2D eigenvalue weighted by molar-refractivity contribution is 5.89. The number of hydrogen-bond donors (Lipinski definition) is 2. The van der Waals surface area contributed by atoms with Crippen LogP contribution in [0, 0.1) is 17.8 Å². The van der Waals surface area contributed by atoms with E-state index in [1.165, 1.54) is 0 Å². The first kappa shape index (κ1) is 16.6. The molecule has 5 nitrogen and oxygen atoms in total. The first-order chi connectivity index (χ1) is 12.8. The molecule has 2 aromatic rings. The third-order valence-electron chi connectivity index (χ3n) is 4.58. The first-order valence-electron chi connectivity index (χ1n) is 8.72. The summed E-state index contributed by atoms with van der Waals surface area (Å²) < 4.78 is 11.7. The van der Waals surface area contributed by atoms with Crippen LogP contribution in [0.2, 0.25) is 0 Å². The Balaban J connectivity index is 1.35. The van der Waals surface area contributed by atoms with Crippen LogP contribution >= 0.6 is 0 Å². The fourth-order valence-corrected chi connectivity index (χ4v) is 3.30. The molecule has 0 radical (unpaired) electrons. The van der Waals surface area contributed by atoms with Crippen LogP contribution in [0.1, 0.15) is 5.56 Å². The van der Waals surface area contributed by atoms with Gasteiger partial charge in [-0.05, 0) is 24.3 Å². The maximum atomic E-state index is 12.2. The maximum Gasteiger partial charge on any atom is 0.319 e. The number of hydrogen-bond acceptors (Lipinski definition) is 3. The van der Waals surface area contributed by atoms with Gasteiger partial charge in [0.25, 0.3) is 0 Å². The Morgan fingerprint density at radius 1 is 0.923 bits per heavy atom. The number of nitrogens with one attached hydrogen (secondary N) is 2. The van der Waals surface area contributed by atoms with Gasteiger partial charge in [0, 0.05) is 11.3 Å². The van der Waals surface area contributed by atoms with Gasteiger partial charge >= 0.3 is 6.03 Å². The van der Waals surface area contributed by atoms with E-state index in [1.54, 1.807) is 0 Å². The third-order valence-corrected chi connectivity index (χ3v) is 4.58. The van der Waals surface area contributed by atoms with Crippen molar-refractivity contribution in [3.63, 3.8) is 0 Å². The Bertz CT molecular complexity index is 813. The molecule has 2 fully saturated rings. The molecule has 2 aliphatic rings. The van der Waals surface area contributed by atoms with Crippen LogP contribution in [0.3, 0.4) is 0 Å². The van der Waals surface area contributed by atoms with Crippen LogP contribution in [0.4, 0.5) is 10.5 Å². The third kappa shape index (κ3) is 3.72. The number of amides is 2. The molecule has 2 amide bonds. The molecule has 0 bridgehead atoms. The van der Waals surface area contributed by atoms with Crippen molar-refractivity contribution in [1.29, 1.82) is 0 Å². The Hall–Kier alpha value is -2.81. The zero-order valence-corrected chi connectivity index (χ0v) is 14.2. The topological polar surface area (TPSA) is 59.6 Å². The lowest BCUT2D eigenvalue weighted by Crippen LogP contribution is -2.45. The van der Waals surface area contributed by atoms with Crippen molar-refractivity contribution in [1.82, 2.24) is 5.32 Å². The van der Waals surface area contributed by atoms with E-state index < -0.39 is 0 Å². The predicted octanol–water partition coefficient (Wildman–Crippen LogP) is 2.64. The molecule has 0 aromatic heterocycles. The van der Waals surface area contributed by atoms with Gasteiger partial charge in [0.15, 0.2) is 0 Å². The molecule has 2 heterocycles. The zero-order chi connectivity index (χ0) is 17.8. The van der Waals surface area contributed by atoms with E-state index in [-0.39, 0.29) is 30.2 Å². The van der Waals surface area contributed by atoms with Gasteiger partial charge in [0.05, 0.1) is 25.2 Å². The van der Waals surface area contributed by atoms with Crippen molar-refractivity contribution >= 4 is 11.7 Å². The molecule has 132 valence electrons. The predicted molar refractivity (Wildman–Crippen MR) is 98.7 cm³/mol. The molecule has 2 aliphatic heterocycles. The van der Waals surface area contributed by atoms with Crippen molar-refractivity contribution < 1.29 is 14.3 Å². The van der Waals surface area contributed by atoms with Gasteiger partial charge in [-0.3, -0.25) is 0 Å². The Morgan fingerprint density at radius 3 is 2.38 bits per heavy atom. The lowest BCUT2D eigenvalue weighted by molar-refractivity contribution is 0.0666. The van der Waals surface area contributed by atoms with E-state index in [4.69, 9.17) is 9.47 Å². The normalized spacial score (nSPS) is 26.5. The van der Waals surface area contributed by atoms with Crippen molar-refractivity contribution in [3.05, 3.63) is 66.2 Å². The Morgan fingerprint density at radius 2 is 1.62 bits per heavy atom. The minimum absolute atomic E-state index is 0.0178. The van der Waals surface area contributed by atoms with Gasteiger partial charge in [-0.25, -0.2) is 4.79 Å². The summed E-state index contributed by atoms with van der Waals surface area (Å²) >= 11 is 0. The van der Waals surface area contributed by atoms with Crippen LogP contribution in [0.5, 0.6) is 0 Å². The number of para-hydroxylation sites is 1. The molecule has 26 heavy (non-hydrogen) atoms. The molecular formula is C21H20N2O3. The summed E-state index contributed by atoms with van der Waals surface area (Å²) in [5.74, 6) is 6.45. The summed E-state index contributed by atoms with van der Waals surface area (Å²) in [5, 5.41) is 5.76. The van der Waals surface area contributed by atoms with E-state index in [1.807, 2.05) is 60.7 Å². The maximum absolute atomic E-state index is 12.2. The van der Waals surface area contributed by atoms with Crippen molar-refractivity contribution in [3.8, 4) is 11.8 Å². The van der Waals surface area contributed by atoms with Crippen molar-refractivity contribution in [2.45, 2.75) is 18.2 Å². The number of fused-ring (bicyclic) bond motifs is 1. The largest absolute Gasteiger partial charge is 0.372 e. The summed E-state index contributed by atoms with van der Waals surface area (Å²) in [4.78, 5) is 12.2. The summed E-state index contributed by atoms with van der Waals surface area (Å²) in [6.07, 6.45) is -0.264. The molecule has 0 spiro atoms. The van der Waals surface area contributed by atoms with Crippen LogP contribution in [-0.4, -0.2) is 37.5 Å². The van der Waals surface area contributed by atoms with Gasteiger partial charge in [0.2, 0.25) is 0 Å². The molecule has 0 aliphatic carbocycles. The second kappa shape index (κ2) is 7.61. The summed E-state index contributed by atoms with van der Waals surface area (Å²) in [6, 6.07) is 18.8. The zero-order valence-electron chi connectivity index (χ0n) is 14.2. The fraction of sp³-hybridized carbons (Fsp3) is 0.286. The van der Waals surface area contributed by atoms with Gasteiger partial charge in [0.1, 0.15) is 12.2 Å². The highest BCUT2D eigenvalue weighted by Crippen LogP contribution is 2.31. The highest BCUT2D eigenvalue weighted by Gasteiger charge is 2.47. The van der Waals surface area contributed by atoms with Crippen LogP contribution in [0.15, 0.2) is 60.7 Å². The smallest absolute Gasteiger partial charge is 0.319 e. The number of benzene rings is 2. The van der Waals surface area contributed by atoms with Crippen LogP contribution in [-0.2, 0) is 9.47 Å². The van der Waals surface area contributed by atoms with E-state index in [9.17, 15) is 4.79 Å².